The highest BCUT2D eigenvalue weighted by atomic mass is 16.5. The van der Waals surface area contributed by atoms with Crippen molar-refractivity contribution in [2.75, 3.05) is 14.2 Å². The van der Waals surface area contributed by atoms with Gasteiger partial charge in [0.2, 0.25) is 5.88 Å². The molecule has 0 N–H and O–H groups in total. The van der Waals surface area contributed by atoms with Crippen LogP contribution in [0.3, 0.4) is 0 Å². The summed E-state index contributed by atoms with van der Waals surface area (Å²) in [5, 5.41) is 0. The van der Waals surface area contributed by atoms with E-state index in [1.807, 2.05) is 0 Å². The van der Waals surface area contributed by atoms with Crippen molar-refractivity contribution in [2.24, 2.45) is 5.92 Å². The van der Waals surface area contributed by atoms with Gasteiger partial charge in [0.05, 0.1) is 14.2 Å². The number of hydrogen-bond donors (Lipinski definition) is 0. The number of methoxy groups -OCH3 is 2. The Morgan fingerprint density at radius 3 is 2.73 bits per heavy atom. The first-order valence-corrected chi connectivity index (χ1v) is 7.11. The molecule has 1 aromatic rings. The standard InChI is InChI=1S/C16H19NO5/c1-10(9-18)8-16(15(20)22-3)11-4-7-14(21-2)17-12(11)5-6-13(16)19/h4,7,9-10H,5-6,8H2,1-3H3/t10?,16-/m0/s1. The summed E-state index contributed by atoms with van der Waals surface area (Å²) in [6.07, 6.45) is 1.46. The number of hydrogen-bond acceptors (Lipinski definition) is 6. The number of Topliss-reactive ketones (excluding diaryl/α,β-unsaturated/α-hetero) is 1. The highest BCUT2D eigenvalue weighted by molar-refractivity contribution is 6.11. The monoisotopic (exact) mass is 305 g/mol. The molecule has 0 aromatic carbocycles. The molecule has 0 saturated heterocycles. The molecule has 118 valence electrons. The van der Waals surface area contributed by atoms with Gasteiger partial charge in [0, 0.05) is 24.1 Å². The van der Waals surface area contributed by atoms with Crippen LogP contribution in [0, 0.1) is 5.92 Å². The zero-order valence-corrected chi connectivity index (χ0v) is 12.9. The minimum absolute atomic E-state index is 0.0863. The number of aldehydes is 1. The molecule has 0 amide bonds. The molecule has 1 aliphatic carbocycles. The lowest BCUT2D eigenvalue weighted by atomic mass is 9.66. The predicted octanol–water partition coefficient (Wildman–Crippen LogP) is 1.24. The first-order chi connectivity index (χ1) is 10.5. The number of carbonyl (C=O) groups excluding carboxylic acids is 3. The number of ether oxygens (including phenoxy) is 2. The van der Waals surface area contributed by atoms with Crippen LogP contribution in [-0.2, 0) is 31.0 Å². The van der Waals surface area contributed by atoms with Gasteiger partial charge < -0.3 is 14.3 Å². The fourth-order valence-electron chi connectivity index (χ4n) is 3.01. The van der Waals surface area contributed by atoms with Crippen LogP contribution in [0.1, 0.15) is 31.0 Å². The molecular formula is C16H19NO5. The van der Waals surface area contributed by atoms with Gasteiger partial charge in [-0.05, 0) is 18.4 Å². The van der Waals surface area contributed by atoms with Crippen LogP contribution < -0.4 is 4.74 Å². The third-order valence-electron chi connectivity index (χ3n) is 4.08. The Bertz CT molecular complexity index is 613. The fourth-order valence-corrected chi connectivity index (χ4v) is 3.01. The van der Waals surface area contributed by atoms with Crippen molar-refractivity contribution in [1.82, 2.24) is 4.98 Å². The number of carbonyl (C=O) groups is 3. The molecule has 2 rings (SSSR count). The molecule has 0 aliphatic heterocycles. The second-order valence-corrected chi connectivity index (χ2v) is 5.49. The summed E-state index contributed by atoms with van der Waals surface area (Å²) in [7, 11) is 2.75. The third kappa shape index (κ3) is 2.49. The molecule has 6 heteroatoms. The zero-order valence-electron chi connectivity index (χ0n) is 12.9. The molecule has 2 atom stereocenters. The Morgan fingerprint density at radius 1 is 1.41 bits per heavy atom. The van der Waals surface area contributed by atoms with Crippen molar-refractivity contribution in [3.05, 3.63) is 23.4 Å². The van der Waals surface area contributed by atoms with Crippen LogP contribution in [-0.4, -0.2) is 37.2 Å². The van der Waals surface area contributed by atoms with Gasteiger partial charge in [0.15, 0.2) is 11.2 Å². The summed E-state index contributed by atoms with van der Waals surface area (Å²) >= 11 is 0. The lowest BCUT2D eigenvalue weighted by Crippen LogP contribution is -2.49. The van der Waals surface area contributed by atoms with Crippen LogP contribution in [0.4, 0.5) is 0 Å². The van der Waals surface area contributed by atoms with Crippen molar-refractivity contribution in [1.29, 1.82) is 0 Å². The van der Waals surface area contributed by atoms with Crippen LogP contribution in [0.5, 0.6) is 5.88 Å². The highest BCUT2D eigenvalue weighted by Crippen LogP contribution is 2.40. The summed E-state index contributed by atoms with van der Waals surface area (Å²) in [6, 6.07) is 3.29. The summed E-state index contributed by atoms with van der Waals surface area (Å²) in [4.78, 5) is 40.5. The number of fused-ring (bicyclic) bond motifs is 1. The molecule has 1 aliphatic rings. The van der Waals surface area contributed by atoms with E-state index in [1.165, 1.54) is 14.2 Å². The SMILES string of the molecule is COC(=O)[C@]1(CC(C)C=O)C(=O)CCc2nc(OC)ccc21. The van der Waals surface area contributed by atoms with E-state index in [0.717, 1.165) is 6.29 Å². The molecule has 0 fully saturated rings. The topological polar surface area (TPSA) is 82.6 Å². The second-order valence-electron chi connectivity index (χ2n) is 5.49. The van der Waals surface area contributed by atoms with Crippen molar-refractivity contribution in [3.8, 4) is 5.88 Å². The van der Waals surface area contributed by atoms with Crippen molar-refractivity contribution in [3.63, 3.8) is 0 Å². The summed E-state index contributed by atoms with van der Waals surface area (Å²) in [5.74, 6) is -0.891. The summed E-state index contributed by atoms with van der Waals surface area (Å²) < 4.78 is 9.98. The van der Waals surface area contributed by atoms with Gasteiger partial charge in [-0.25, -0.2) is 4.98 Å². The van der Waals surface area contributed by atoms with Crippen molar-refractivity contribution >= 4 is 18.0 Å². The minimum Gasteiger partial charge on any atom is -0.481 e. The van der Waals surface area contributed by atoms with Gasteiger partial charge >= 0.3 is 5.97 Å². The number of aryl methyl sites for hydroxylation is 1. The Hall–Kier alpha value is -2.24. The first-order valence-electron chi connectivity index (χ1n) is 7.11. The molecule has 22 heavy (non-hydrogen) atoms. The van der Waals surface area contributed by atoms with Crippen LogP contribution >= 0.6 is 0 Å². The largest absolute Gasteiger partial charge is 0.481 e. The summed E-state index contributed by atoms with van der Waals surface area (Å²) in [5.41, 5.74) is -0.297. The molecule has 0 bridgehead atoms. The number of ketones is 1. The predicted molar refractivity (Wildman–Crippen MR) is 77.7 cm³/mol. The third-order valence-corrected chi connectivity index (χ3v) is 4.08. The van der Waals surface area contributed by atoms with Crippen molar-refractivity contribution < 1.29 is 23.9 Å². The van der Waals surface area contributed by atoms with Crippen molar-refractivity contribution in [2.45, 2.75) is 31.6 Å². The highest BCUT2D eigenvalue weighted by Gasteiger charge is 2.52. The fraction of sp³-hybridized carbons (Fsp3) is 0.500. The molecule has 0 radical (unpaired) electrons. The van der Waals surface area contributed by atoms with E-state index >= 15 is 0 Å². The van der Waals surface area contributed by atoms with E-state index in [2.05, 4.69) is 4.98 Å². The number of nitrogens with zero attached hydrogens (tertiary/aromatic N) is 1. The Balaban J connectivity index is 2.63. The lowest BCUT2D eigenvalue weighted by molar-refractivity contribution is -0.153. The Labute approximate surface area is 128 Å². The molecule has 1 aromatic heterocycles. The zero-order chi connectivity index (χ0) is 16.3. The average Bonchev–Trinajstić information content (AvgIpc) is 2.55. The lowest BCUT2D eigenvalue weighted by Gasteiger charge is -2.35. The molecule has 6 nitrogen and oxygen atoms in total. The molecule has 0 spiro atoms. The summed E-state index contributed by atoms with van der Waals surface area (Å²) in [6.45, 7) is 1.68. The van der Waals surface area contributed by atoms with Gasteiger partial charge in [0.25, 0.3) is 0 Å². The molecular weight excluding hydrogens is 286 g/mol. The Kier molecular flexibility index (Phi) is 4.59. The Morgan fingerprint density at radius 2 is 2.14 bits per heavy atom. The van der Waals surface area contributed by atoms with Gasteiger partial charge in [0.1, 0.15) is 6.29 Å². The van der Waals surface area contributed by atoms with Gasteiger partial charge in [-0.3, -0.25) is 9.59 Å². The second kappa shape index (κ2) is 6.25. The number of rotatable bonds is 5. The van der Waals surface area contributed by atoms with Crippen LogP contribution in [0.25, 0.3) is 0 Å². The van der Waals surface area contributed by atoms with E-state index in [-0.39, 0.29) is 18.6 Å². The van der Waals surface area contributed by atoms with E-state index in [0.29, 0.717) is 23.6 Å². The normalized spacial score (nSPS) is 21.7. The maximum absolute atomic E-state index is 12.6. The smallest absolute Gasteiger partial charge is 0.323 e. The first kappa shape index (κ1) is 16.1. The number of esters is 1. The minimum atomic E-state index is -1.46. The quantitative estimate of drug-likeness (QED) is 0.462. The van der Waals surface area contributed by atoms with E-state index in [9.17, 15) is 14.4 Å². The maximum Gasteiger partial charge on any atom is 0.323 e. The molecule has 1 heterocycles. The van der Waals surface area contributed by atoms with E-state index < -0.39 is 17.3 Å². The van der Waals surface area contributed by atoms with Crippen LogP contribution in [0.15, 0.2) is 12.1 Å². The molecule has 0 saturated carbocycles. The van der Waals surface area contributed by atoms with E-state index in [1.54, 1.807) is 19.1 Å². The number of pyridine rings is 1. The molecule has 1 unspecified atom stereocenters. The van der Waals surface area contributed by atoms with E-state index in [4.69, 9.17) is 9.47 Å². The number of aromatic nitrogens is 1. The van der Waals surface area contributed by atoms with Gasteiger partial charge in [-0.2, -0.15) is 0 Å². The van der Waals surface area contributed by atoms with Gasteiger partial charge in [-0.15, -0.1) is 0 Å². The van der Waals surface area contributed by atoms with Crippen LogP contribution in [0.2, 0.25) is 0 Å². The van der Waals surface area contributed by atoms with Gasteiger partial charge in [-0.1, -0.05) is 13.0 Å². The maximum atomic E-state index is 12.6. The average molecular weight is 305 g/mol.